The zero-order valence-electron chi connectivity index (χ0n) is 14.7. The van der Waals surface area contributed by atoms with Crippen LogP contribution in [-0.4, -0.2) is 30.6 Å². The SMILES string of the molecule is CN1[C@@H]2CC[C@H]1[C@H](COc1ccc(Cl)cc1)[C@H](c1ccc(Cl)c(Cl)c1)C2. The Morgan fingerprint density at radius 1 is 1.00 bits per heavy atom. The van der Waals surface area contributed by atoms with Crippen LogP contribution in [0.2, 0.25) is 15.1 Å². The van der Waals surface area contributed by atoms with Crippen molar-refractivity contribution in [3.05, 3.63) is 63.1 Å². The number of hydrogen-bond acceptors (Lipinski definition) is 2. The quantitative estimate of drug-likeness (QED) is 0.587. The number of nitrogens with zero attached hydrogens (tertiary/aromatic N) is 1. The van der Waals surface area contributed by atoms with Crippen LogP contribution >= 0.6 is 34.8 Å². The fraction of sp³-hybridized carbons (Fsp3) is 0.429. The highest BCUT2D eigenvalue weighted by molar-refractivity contribution is 6.42. The number of benzene rings is 2. The number of hydrogen-bond donors (Lipinski definition) is 0. The lowest BCUT2D eigenvalue weighted by molar-refractivity contribution is 0.0666. The number of halogens is 3. The minimum Gasteiger partial charge on any atom is -0.493 e. The van der Waals surface area contributed by atoms with Crippen LogP contribution in [0.4, 0.5) is 0 Å². The normalized spacial score (nSPS) is 28.3. The summed E-state index contributed by atoms with van der Waals surface area (Å²) in [5.41, 5.74) is 1.27. The molecule has 0 spiro atoms. The van der Waals surface area contributed by atoms with E-state index in [0.29, 0.717) is 40.6 Å². The van der Waals surface area contributed by atoms with Crippen LogP contribution in [0.1, 0.15) is 30.7 Å². The molecule has 0 unspecified atom stereocenters. The van der Waals surface area contributed by atoms with E-state index in [2.05, 4.69) is 18.0 Å². The van der Waals surface area contributed by atoms with E-state index in [-0.39, 0.29) is 0 Å². The van der Waals surface area contributed by atoms with Gasteiger partial charge in [0.05, 0.1) is 16.7 Å². The molecule has 4 rings (SSSR count). The van der Waals surface area contributed by atoms with Crippen molar-refractivity contribution in [3.8, 4) is 5.75 Å². The van der Waals surface area contributed by atoms with Gasteiger partial charge in [-0.3, -0.25) is 0 Å². The molecule has 2 aliphatic heterocycles. The standard InChI is InChI=1S/C21H22Cl3NO/c1-25-15-5-9-21(25)18(12-26-16-6-3-14(22)4-7-16)17(11-15)13-2-8-19(23)20(24)10-13/h2-4,6-8,10,15,17-18,21H,5,9,11-12H2,1H3/t15-,17+,18-,21+/m1/s1. The van der Waals surface area contributed by atoms with Crippen LogP contribution in [-0.2, 0) is 0 Å². The summed E-state index contributed by atoms with van der Waals surface area (Å²) >= 11 is 18.4. The summed E-state index contributed by atoms with van der Waals surface area (Å²) in [6.45, 7) is 0.689. The third kappa shape index (κ3) is 3.57. The summed E-state index contributed by atoms with van der Waals surface area (Å²) in [6.07, 6.45) is 3.63. The van der Waals surface area contributed by atoms with E-state index in [1.54, 1.807) is 0 Å². The minimum absolute atomic E-state index is 0.423. The number of piperidine rings is 1. The highest BCUT2D eigenvalue weighted by atomic mass is 35.5. The Kier molecular flexibility index (Phi) is 5.38. The van der Waals surface area contributed by atoms with Gasteiger partial charge in [-0.2, -0.15) is 0 Å². The van der Waals surface area contributed by atoms with Crippen molar-refractivity contribution in [1.29, 1.82) is 0 Å². The maximum absolute atomic E-state index is 6.30. The zero-order chi connectivity index (χ0) is 18.3. The van der Waals surface area contributed by atoms with Gasteiger partial charge in [-0.1, -0.05) is 40.9 Å². The summed E-state index contributed by atoms with van der Waals surface area (Å²) in [5, 5.41) is 1.97. The molecule has 2 fully saturated rings. The highest BCUT2D eigenvalue weighted by Crippen LogP contribution is 2.47. The van der Waals surface area contributed by atoms with E-state index in [4.69, 9.17) is 39.5 Å². The first-order valence-corrected chi connectivity index (χ1v) is 10.2. The van der Waals surface area contributed by atoms with Crippen LogP contribution in [0.15, 0.2) is 42.5 Å². The molecule has 0 N–H and O–H groups in total. The molecule has 2 saturated heterocycles. The molecule has 0 aliphatic carbocycles. The molecule has 0 radical (unpaired) electrons. The molecule has 2 nitrogen and oxygen atoms in total. The topological polar surface area (TPSA) is 12.5 Å². The fourth-order valence-corrected chi connectivity index (χ4v) is 5.09. The third-order valence-electron chi connectivity index (χ3n) is 6.06. The first kappa shape index (κ1) is 18.4. The molecule has 4 atom stereocenters. The second-order valence-corrected chi connectivity index (χ2v) is 8.66. The van der Waals surface area contributed by atoms with Crippen molar-refractivity contribution in [2.45, 2.75) is 37.3 Å². The second kappa shape index (κ2) is 7.59. The Balaban J connectivity index is 1.58. The van der Waals surface area contributed by atoms with E-state index in [1.165, 1.54) is 18.4 Å². The monoisotopic (exact) mass is 409 g/mol. The summed E-state index contributed by atoms with van der Waals surface area (Å²) in [5.74, 6) is 1.72. The van der Waals surface area contributed by atoms with Gasteiger partial charge in [-0.15, -0.1) is 0 Å². The van der Waals surface area contributed by atoms with Gasteiger partial charge in [0.15, 0.2) is 0 Å². The van der Waals surface area contributed by atoms with Gasteiger partial charge < -0.3 is 9.64 Å². The Bertz CT molecular complexity index is 779. The number of ether oxygens (including phenoxy) is 1. The molecule has 0 saturated carbocycles. The Labute approximate surface area is 170 Å². The molecule has 2 bridgehead atoms. The maximum Gasteiger partial charge on any atom is 0.119 e. The fourth-order valence-electron chi connectivity index (χ4n) is 4.65. The lowest BCUT2D eigenvalue weighted by Crippen LogP contribution is -2.47. The van der Waals surface area contributed by atoms with Crippen LogP contribution in [0, 0.1) is 5.92 Å². The molecule has 0 amide bonds. The summed E-state index contributed by atoms with van der Waals surface area (Å²) in [7, 11) is 2.25. The molecule has 2 aromatic carbocycles. The number of rotatable bonds is 4. The van der Waals surface area contributed by atoms with Crippen LogP contribution in [0.3, 0.4) is 0 Å². The summed E-state index contributed by atoms with van der Waals surface area (Å²) in [4.78, 5) is 2.55. The van der Waals surface area contributed by atoms with E-state index in [0.717, 1.165) is 17.2 Å². The molecule has 138 valence electrons. The van der Waals surface area contributed by atoms with E-state index < -0.39 is 0 Å². The van der Waals surface area contributed by atoms with Crippen molar-refractivity contribution >= 4 is 34.8 Å². The van der Waals surface area contributed by atoms with E-state index in [9.17, 15) is 0 Å². The second-order valence-electron chi connectivity index (χ2n) is 7.41. The van der Waals surface area contributed by atoms with Crippen LogP contribution in [0.5, 0.6) is 5.75 Å². The van der Waals surface area contributed by atoms with Crippen molar-refractivity contribution in [1.82, 2.24) is 4.90 Å². The zero-order valence-corrected chi connectivity index (χ0v) is 16.9. The van der Waals surface area contributed by atoms with Gasteiger partial charge in [0.25, 0.3) is 0 Å². The van der Waals surface area contributed by atoms with Crippen molar-refractivity contribution < 1.29 is 4.74 Å². The van der Waals surface area contributed by atoms with Crippen molar-refractivity contribution in [2.24, 2.45) is 5.92 Å². The van der Waals surface area contributed by atoms with Gasteiger partial charge in [0, 0.05) is 23.0 Å². The smallest absolute Gasteiger partial charge is 0.119 e. The van der Waals surface area contributed by atoms with Crippen molar-refractivity contribution in [3.63, 3.8) is 0 Å². The van der Waals surface area contributed by atoms with Gasteiger partial charge >= 0.3 is 0 Å². The van der Waals surface area contributed by atoms with Crippen molar-refractivity contribution in [2.75, 3.05) is 13.7 Å². The summed E-state index contributed by atoms with van der Waals surface area (Å²) < 4.78 is 6.16. The van der Waals surface area contributed by atoms with Gasteiger partial charge in [-0.25, -0.2) is 0 Å². The molecular formula is C21H22Cl3NO. The average molecular weight is 411 g/mol. The van der Waals surface area contributed by atoms with Gasteiger partial charge in [0.2, 0.25) is 0 Å². The largest absolute Gasteiger partial charge is 0.493 e. The molecular weight excluding hydrogens is 389 g/mol. The lowest BCUT2D eigenvalue weighted by atomic mass is 9.76. The third-order valence-corrected chi connectivity index (χ3v) is 7.05. The molecule has 26 heavy (non-hydrogen) atoms. The minimum atomic E-state index is 0.423. The Hall–Kier alpha value is -0.930. The van der Waals surface area contributed by atoms with Crippen LogP contribution in [0.25, 0.3) is 0 Å². The number of fused-ring (bicyclic) bond motifs is 2. The molecule has 2 heterocycles. The first-order chi connectivity index (χ1) is 12.5. The molecule has 2 aliphatic rings. The lowest BCUT2D eigenvalue weighted by Gasteiger charge is -2.43. The van der Waals surface area contributed by atoms with E-state index >= 15 is 0 Å². The Morgan fingerprint density at radius 3 is 2.50 bits per heavy atom. The molecule has 2 aromatic rings. The predicted molar refractivity (Wildman–Crippen MR) is 109 cm³/mol. The van der Waals surface area contributed by atoms with Gasteiger partial charge in [0.1, 0.15) is 5.75 Å². The van der Waals surface area contributed by atoms with Gasteiger partial charge in [-0.05, 0) is 74.2 Å². The Morgan fingerprint density at radius 2 is 1.77 bits per heavy atom. The average Bonchev–Trinajstić information content (AvgIpc) is 2.88. The van der Waals surface area contributed by atoms with E-state index in [1.807, 2.05) is 36.4 Å². The molecule has 0 aromatic heterocycles. The molecule has 5 heteroatoms. The first-order valence-electron chi connectivity index (χ1n) is 9.08. The summed E-state index contributed by atoms with van der Waals surface area (Å²) in [6, 6.07) is 14.9. The predicted octanol–water partition coefficient (Wildman–Crippen LogP) is 6.29. The highest BCUT2D eigenvalue weighted by Gasteiger charge is 2.46. The van der Waals surface area contributed by atoms with Crippen LogP contribution < -0.4 is 4.74 Å². The maximum atomic E-state index is 6.30.